The Kier molecular flexibility index (Phi) is 10.1. The van der Waals surface area contributed by atoms with Crippen molar-refractivity contribution in [2.24, 2.45) is 5.92 Å². The van der Waals surface area contributed by atoms with Crippen LogP contribution < -0.4 is 0 Å². The molecule has 0 N–H and O–H groups in total. The van der Waals surface area contributed by atoms with Gasteiger partial charge in [-0.25, -0.2) is 4.98 Å². The highest BCUT2D eigenvalue weighted by Gasteiger charge is 2.25. The van der Waals surface area contributed by atoms with Crippen molar-refractivity contribution in [1.82, 2.24) is 19.6 Å². The Morgan fingerprint density at radius 2 is 1.73 bits per heavy atom. The number of esters is 1. The number of nitrogens with zero attached hydrogens (tertiary/aromatic N) is 4. The largest absolute Gasteiger partial charge is 0.469 e. The van der Waals surface area contributed by atoms with Crippen LogP contribution in [-0.2, 0) is 32.1 Å². The molecule has 2 unspecified atom stereocenters. The Balaban J connectivity index is 1.01. The first-order valence-electron chi connectivity index (χ1n) is 15.8. The second-order valence-corrected chi connectivity index (χ2v) is 11.8. The monoisotopic (exact) mass is 608 g/mol. The molecular weight excluding hydrogens is 568 g/mol. The molecule has 0 radical (unpaired) electrons. The first-order valence-corrected chi connectivity index (χ1v) is 15.8. The van der Waals surface area contributed by atoms with Crippen LogP contribution in [0.5, 0.6) is 0 Å². The molecule has 45 heavy (non-hydrogen) atoms. The predicted octanol–water partition coefficient (Wildman–Crippen LogP) is 5.98. The average Bonchev–Trinajstić information content (AvgIpc) is 3.75. The third-order valence-electron chi connectivity index (χ3n) is 8.50. The summed E-state index contributed by atoms with van der Waals surface area (Å²) in [5, 5.41) is 4.30. The van der Waals surface area contributed by atoms with Crippen molar-refractivity contribution in [2.75, 3.05) is 26.8 Å². The molecule has 0 amide bonds. The molecule has 2 saturated heterocycles. The third kappa shape index (κ3) is 8.08. The number of imidazole rings is 1. The molecule has 6 rings (SSSR count). The van der Waals surface area contributed by atoms with Crippen molar-refractivity contribution in [1.29, 1.82) is 0 Å². The lowest BCUT2D eigenvalue weighted by atomic mass is 9.96. The van der Waals surface area contributed by atoms with Gasteiger partial charge in [0.2, 0.25) is 0 Å². The summed E-state index contributed by atoms with van der Waals surface area (Å²) in [5.74, 6) is 8.01. The van der Waals surface area contributed by atoms with Crippen LogP contribution in [0.4, 0.5) is 0 Å². The van der Waals surface area contributed by atoms with Crippen LogP contribution in [0.15, 0.2) is 71.5 Å². The van der Waals surface area contributed by atoms with Crippen LogP contribution in [-0.4, -0.2) is 58.7 Å². The zero-order valence-corrected chi connectivity index (χ0v) is 26.0. The van der Waals surface area contributed by atoms with Crippen LogP contribution in [0.25, 0.3) is 11.3 Å². The van der Waals surface area contributed by atoms with Crippen molar-refractivity contribution in [3.63, 3.8) is 0 Å². The summed E-state index contributed by atoms with van der Waals surface area (Å²) in [6, 6.07) is 18.4. The van der Waals surface area contributed by atoms with Gasteiger partial charge in [0.1, 0.15) is 17.6 Å². The van der Waals surface area contributed by atoms with Gasteiger partial charge in [-0.15, -0.1) is 0 Å². The van der Waals surface area contributed by atoms with Crippen molar-refractivity contribution in [3.8, 4) is 23.2 Å². The first-order chi connectivity index (χ1) is 22.0. The number of likely N-dealkylation sites (tertiary alicyclic amines) is 1. The molecule has 4 aromatic rings. The van der Waals surface area contributed by atoms with Gasteiger partial charge in [-0.1, -0.05) is 29.1 Å². The smallest absolute Gasteiger partial charge is 0.308 e. The standard InChI is InChI=1S/C36H40N4O5/c1-26(44-34-5-3-4-22-43-34)35-37-18-21-40(35)25-32-23-33(45-38-32)30-14-12-28(13-15-30)7-6-27-8-10-29(11-9-27)24-39-19-16-31(17-20-39)36(41)42-2/h8-15,18,21,23,26,31,34H,3-5,16-17,19-20,22,24-25H2,1-2H3. The molecule has 0 saturated carbocycles. The molecule has 2 aliphatic heterocycles. The van der Waals surface area contributed by atoms with Crippen LogP contribution in [0.3, 0.4) is 0 Å². The van der Waals surface area contributed by atoms with Gasteiger partial charge in [0.25, 0.3) is 0 Å². The van der Waals surface area contributed by atoms with Gasteiger partial charge in [-0.2, -0.15) is 0 Å². The van der Waals surface area contributed by atoms with Gasteiger partial charge >= 0.3 is 5.97 Å². The van der Waals surface area contributed by atoms with E-state index in [1.54, 1.807) is 6.20 Å². The summed E-state index contributed by atoms with van der Waals surface area (Å²) in [6.45, 7) is 5.98. The Bertz CT molecular complexity index is 1600. The van der Waals surface area contributed by atoms with E-state index < -0.39 is 0 Å². The maximum Gasteiger partial charge on any atom is 0.308 e. The van der Waals surface area contributed by atoms with Crippen molar-refractivity contribution in [2.45, 2.75) is 64.5 Å². The highest BCUT2D eigenvalue weighted by molar-refractivity contribution is 5.72. The topological polar surface area (TPSA) is 91.9 Å². The molecule has 2 aromatic carbocycles. The van der Waals surface area contributed by atoms with E-state index in [9.17, 15) is 4.79 Å². The molecule has 2 aliphatic rings. The molecule has 2 aromatic heterocycles. The van der Waals surface area contributed by atoms with E-state index in [-0.39, 0.29) is 24.3 Å². The number of aromatic nitrogens is 3. The molecule has 0 spiro atoms. The highest BCUT2D eigenvalue weighted by Crippen LogP contribution is 2.25. The van der Waals surface area contributed by atoms with E-state index in [4.69, 9.17) is 18.7 Å². The molecule has 0 bridgehead atoms. The van der Waals surface area contributed by atoms with Gasteiger partial charge in [0, 0.05) is 48.3 Å². The third-order valence-corrected chi connectivity index (χ3v) is 8.50. The van der Waals surface area contributed by atoms with E-state index in [2.05, 4.69) is 51.1 Å². The molecule has 9 nitrogen and oxygen atoms in total. The van der Waals surface area contributed by atoms with Gasteiger partial charge in [0.15, 0.2) is 12.1 Å². The van der Waals surface area contributed by atoms with E-state index in [1.165, 1.54) is 12.7 Å². The molecule has 2 fully saturated rings. The lowest BCUT2D eigenvalue weighted by Gasteiger charge is -2.30. The van der Waals surface area contributed by atoms with Crippen molar-refractivity contribution in [3.05, 3.63) is 95.2 Å². The van der Waals surface area contributed by atoms with E-state index in [0.29, 0.717) is 12.3 Å². The average molecular weight is 609 g/mol. The second kappa shape index (κ2) is 14.7. The SMILES string of the molecule is COC(=O)C1CCN(Cc2ccc(C#Cc3ccc(-c4cc(Cn5ccnc5C(C)OC5CCCCO5)no4)cc3)cc2)CC1. The number of rotatable bonds is 9. The number of methoxy groups -OCH3 is 1. The summed E-state index contributed by atoms with van der Waals surface area (Å²) >= 11 is 0. The Hall–Kier alpha value is -4.23. The maximum atomic E-state index is 11.8. The summed E-state index contributed by atoms with van der Waals surface area (Å²) < 4.78 is 24.5. The summed E-state index contributed by atoms with van der Waals surface area (Å²) in [5.41, 5.74) is 4.89. The van der Waals surface area contributed by atoms with Gasteiger partial charge < -0.3 is 23.3 Å². The summed E-state index contributed by atoms with van der Waals surface area (Å²) in [6.07, 6.45) is 8.18. The van der Waals surface area contributed by atoms with Gasteiger partial charge in [-0.3, -0.25) is 9.69 Å². The van der Waals surface area contributed by atoms with Crippen LogP contribution in [0.1, 0.15) is 73.3 Å². The molecule has 4 heterocycles. The van der Waals surface area contributed by atoms with Gasteiger partial charge in [-0.05, 0) is 94.1 Å². The minimum absolute atomic E-state index is 0.0317. The molecule has 0 aliphatic carbocycles. The van der Waals surface area contributed by atoms with E-state index >= 15 is 0 Å². The zero-order valence-electron chi connectivity index (χ0n) is 26.0. The fourth-order valence-electron chi connectivity index (χ4n) is 5.92. The lowest BCUT2D eigenvalue weighted by Crippen LogP contribution is -2.36. The van der Waals surface area contributed by atoms with Crippen LogP contribution in [0.2, 0.25) is 0 Å². The Labute approximate surface area is 264 Å². The maximum absolute atomic E-state index is 11.8. The minimum atomic E-state index is -0.190. The fraction of sp³-hybridized carbons (Fsp3) is 0.417. The van der Waals surface area contributed by atoms with Crippen molar-refractivity contribution >= 4 is 5.97 Å². The molecular formula is C36H40N4O5. The number of carbonyl (C=O) groups excluding carboxylic acids is 1. The van der Waals surface area contributed by atoms with Crippen LogP contribution in [0, 0.1) is 17.8 Å². The summed E-state index contributed by atoms with van der Waals surface area (Å²) in [4.78, 5) is 18.7. The molecule has 2 atom stereocenters. The number of ether oxygens (including phenoxy) is 3. The van der Waals surface area contributed by atoms with Gasteiger partial charge in [0.05, 0.1) is 19.6 Å². The summed E-state index contributed by atoms with van der Waals surface area (Å²) in [7, 11) is 1.47. The number of carbonyl (C=O) groups is 1. The first kappa shape index (κ1) is 30.8. The van der Waals surface area contributed by atoms with Crippen molar-refractivity contribution < 1.29 is 23.5 Å². The fourth-order valence-corrected chi connectivity index (χ4v) is 5.92. The Morgan fingerprint density at radius 3 is 2.42 bits per heavy atom. The highest BCUT2D eigenvalue weighted by atomic mass is 16.7. The number of hydrogen-bond donors (Lipinski definition) is 0. The van der Waals surface area contributed by atoms with E-state index in [0.717, 1.165) is 86.6 Å². The lowest BCUT2D eigenvalue weighted by molar-refractivity contribution is -0.188. The quantitative estimate of drug-likeness (QED) is 0.169. The second-order valence-electron chi connectivity index (χ2n) is 11.8. The van der Waals surface area contributed by atoms with E-state index in [1.807, 2.05) is 48.0 Å². The number of piperidine rings is 1. The minimum Gasteiger partial charge on any atom is -0.469 e. The number of benzene rings is 2. The normalized spacial score (nSPS) is 18.2. The Morgan fingerprint density at radius 1 is 1.00 bits per heavy atom. The molecule has 234 valence electrons. The zero-order chi connectivity index (χ0) is 31.0. The predicted molar refractivity (Wildman–Crippen MR) is 169 cm³/mol. The van der Waals surface area contributed by atoms with Crippen LogP contribution >= 0.6 is 0 Å². The number of hydrogen-bond acceptors (Lipinski definition) is 8. The molecule has 9 heteroatoms.